The van der Waals surface area contributed by atoms with Gasteiger partial charge in [-0.05, 0) is 38.0 Å². The van der Waals surface area contributed by atoms with Crippen molar-refractivity contribution in [2.24, 2.45) is 17.4 Å². The van der Waals surface area contributed by atoms with Gasteiger partial charge in [0.15, 0.2) is 0 Å². The molecule has 13 heteroatoms. The van der Waals surface area contributed by atoms with Crippen molar-refractivity contribution in [2.45, 2.75) is 70.1 Å². The number of hydrogen-bond acceptors (Lipinski definition) is 7. The van der Waals surface area contributed by atoms with Gasteiger partial charge >= 0.3 is 12.0 Å². The first kappa shape index (κ1) is 28.1. The van der Waals surface area contributed by atoms with E-state index < -0.39 is 60.5 Å². The van der Waals surface area contributed by atoms with E-state index in [9.17, 15) is 29.1 Å². The van der Waals surface area contributed by atoms with Crippen LogP contribution in [0.5, 0.6) is 0 Å². The van der Waals surface area contributed by atoms with Crippen LogP contribution in [-0.2, 0) is 19.2 Å². The van der Waals surface area contributed by atoms with E-state index in [-0.39, 0.29) is 31.7 Å². The maximum Gasteiger partial charge on any atom is 0.326 e. The molecular formula is C20H36N6O7. The van der Waals surface area contributed by atoms with E-state index in [1.54, 1.807) is 0 Å². The van der Waals surface area contributed by atoms with Gasteiger partial charge in [-0.3, -0.25) is 14.4 Å². The van der Waals surface area contributed by atoms with Crippen molar-refractivity contribution >= 4 is 29.7 Å². The van der Waals surface area contributed by atoms with E-state index in [0.29, 0.717) is 19.4 Å². The number of aliphatic carboxylic acids is 1. The predicted octanol–water partition coefficient (Wildman–Crippen LogP) is -2.15. The Labute approximate surface area is 192 Å². The molecule has 0 aromatic carbocycles. The molecule has 0 aromatic rings. The molecule has 0 radical (unpaired) electrons. The minimum atomic E-state index is -1.25. The molecule has 0 aromatic heterocycles. The van der Waals surface area contributed by atoms with Crippen LogP contribution in [0.1, 0.15) is 46.0 Å². The van der Waals surface area contributed by atoms with E-state index in [1.165, 1.54) is 4.90 Å². The van der Waals surface area contributed by atoms with Gasteiger partial charge in [0, 0.05) is 13.1 Å². The van der Waals surface area contributed by atoms with Gasteiger partial charge in [0.2, 0.25) is 17.7 Å². The lowest BCUT2D eigenvalue weighted by molar-refractivity contribution is -0.143. The summed E-state index contributed by atoms with van der Waals surface area (Å²) in [5.74, 6) is -2.98. The van der Waals surface area contributed by atoms with Crippen LogP contribution in [0.3, 0.4) is 0 Å². The predicted molar refractivity (Wildman–Crippen MR) is 118 cm³/mol. The summed E-state index contributed by atoms with van der Waals surface area (Å²) in [5.41, 5.74) is 10.6. The number of amides is 5. The van der Waals surface area contributed by atoms with Crippen LogP contribution >= 0.6 is 0 Å². The summed E-state index contributed by atoms with van der Waals surface area (Å²) in [6.45, 7) is 3.62. The Balaban J connectivity index is 2.83. The minimum absolute atomic E-state index is 0.00761. The average Bonchev–Trinajstić information content (AvgIpc) is 3.23. The van der Waals surface area contributed by atoms with Crippen molar-refractivity contribution in [3.8, 4) is 0 Å². The largest absolute Gasteiger partial charge is 0.480 e. The van der Waals surface area contributed by atoms with Gasteiger partial charge < -0.3 is 42.5 Å². The molecule has 0 aliphatic carbocycles. The molecular weight excluding hydrogens is 436 g/mol. The van der Waals surface area contributed by atoms with E-state index >= 15 is 0 Å². The van der Waals surface area contributed by atoms with E-state index in [0.717, 1.165) is 0 Å². The quantitative estimate of drug-likeness (QED) is 0.146. The number of primary amides is 1. The van der Waals surface area contributed by atoms with Gasteiger partial charge in [0.1, 0.15) is 24.2 Å². The number of likely N-dealkylation sites (tertiary alicyclic amines) is 1. The fourth-order valence-corrected chi connectivity index (χ4v) is 3.61. The third-order valence-electron chi connectivity index (χ3n) is 5.28. The number of carbonyl (C=O) groups excluding carboxylic acids is 4. The van der Waals surface area contributed by atoms with Crippen molar-refractivity contribution in [2.75, 3.05) is 19.7 Å². The number of urea groups is 1. The highest BCUT2D eigenvalue weighted by Crippen LogP contribution is 2.19. The highest BCUT2D eigenvalue weighted by molar-refractivity contribution is 5.94. The van der Waals surface area contributed by atoms with Gasteiger partial charge in [-0.15, -0.1) is 0 Å². The summed E-state index contributed by atoms with van der Waals surface area (Å²) in [4.78, 5) is 61.7. The Kier molecular flexibility index (Phi) is 11.6. The second-order valence-electron chi connectivity index (χ2n) is 8.50. The molecule has 1 heterocycles. The molecule has 0 unspecified atom stereocenters. The zero-order valence-electron chi connectivity index (χ0n) is 19.1. The van der Waals surface area contributed by atoms with Crippen molar-refractivity contribution < 1.29 is 34.2 Å². The fourth-order valence-electron chi connectivity index (χ4n) is 3.61. The van der Waals surface area contributed by atoms with E-state index in [2.05, 4.69) is 16.0 Å². The fraction of sp³-hybridized carbons (Fsp3) is 0.750. The lowest BCUT2D eigenvalue weighted by Crippen LogP contribution is -2.57. The second kappa shape index (κ2) is 13.6. The van der Waals surface area contributed by atoms with Crippen LogP contribution in [0.15, 0.2) is 0 Å². The number of carboxylic acid groups (broad SMARTS) is 1. The average molecular weight is 473 g/mol. The summed E-state index contributed by atoms with van der Waals surface area (Å²) in [6, 6.07) is -4.91. The minimum Gasteiger partial charge on any atom is -0.480 e. The van der Waals surface area contributed by atoms with Crippen LogP contribution < -0.4 is 27.4 Å². The monoisotopic (exact) mass is 472 g/mol. The van der Waals surface area contributed by atoms with E-state index in [1.807, 2.05) is 13.8 Å². The standard InChI is InChI=1S/C20H36N6O7/c1-11(2)9-14(16(28)24-13(19(31)32)5-3-7-23-20(22)33)25-17(29)15-6-4-8-26(15)18(30)12(21)10-27/h11-15,27H,3-10,21H2,1-2H3,(H,24,28)(H,25,29)(H,31,32)(H3,22,23,33)/t12-,13-,14-,15-/m0/s1. The third-order valence-corrected chi connectivity index (χ3v) is 5.28. The van der Waals surface area contributed by atoms with Crippen LogP contribution in [0, 0.1) is 5.92 Å². The Hall–Kier alpha value is -2.93. The molecule has 188 valence electrons. The number of carboxylic acids is 1. The Morgan fingerprint density at radius 1 is 1.12 bits per heavy atom. The number of nitrogens with two attached hydrogens (primary N) is 2. The number of hydrogen-bond donors (Lipinski definition) is 7. The van der Waals surface area contributed by atoms with Crippen molar-refractivity contribution in [3.05, 3.63) is 0 Å². The van der Waals surface area contributed by atoms with Gasteiger partial charge in [-0.2, -0.15) is 0 Å². The second-order valence-corrected chi connectivity index (χ2v) is 8.50. The normalized spacial score (nSPS) is 18.3. The van der Waals surface area contributed by atoms with Crippen LogP contribution in [-0.4, -0.2) is 88.7 Å². The van der Waals surface area contributed by atoms with Crippen LogP contribution in [0.25, 0.3) is 0 Å². The smallest absolute Gasteiger partial charge is 0.326 e. The zero-order valence-corrected chi connectivity index (χ0v) is 19.1. The maximum absolute atomic E-state index is 12.9. The summed E-state index contributed by atoms with van der Waals surface area (Å²) in [7, 11) is 0. The van der Waals surface area contributed by atoms with Gasteiger partial charge in [0.25, 0.3) is 0 Å². The van der Waals surface area contributed by atoms with E-state index in [4.69, 9.17) is 16.6 Å². The SMILES string of the molecule is CC(C)C[C@H](NC(=O)[C@@H]1CCCN1C(=O)[C@@H](N)CO)C(=O)N[C@@H](CCCNC(N)=O)C(=O)O. The molecule has 1 saturated heterocycles. The third kappa shape index (κ3) is 9.22. The number of carbonyl (C=O) groups is 5. The molecule has 13 nitrogen and oxygen atoms in total. The first-order valence-electron chi connectivity index (χ1n) is 11.0. The lowest BCUT2D eigenvalue weighted by Gasteiger charge is -2.28. The van der Waals surface area contributed by atoms with Crippen molar-refractivity contribution in [1.82, 2.24) is 20.9 Å². The van der Waals surface area contributed by atoms with Gasteiger partial charge in [0.05, 0.1) is 6.61 Å². The van der Waals surface area contributed by atoms with Crippen molar-refractivity contribution in [1.29, 1.82) is 0 Å². The summed E-state index contributed by atoms with van der Waals surface area (Å²) in [6.07, 6.45) is 1.53. The van der Waals surface area contributed by atoms with Crippen LogP contribution in [0.2, 0.25) is 0 Å². The summed E-state index contributed by atoms with van der Waals surface area (Å²) < 4.78 is 0. The first-order valence-corrected chi connectivity index (χ1v) is 11.0. The molecule has 9 N–H and O–H groups in total. The first-order chi connectivity index (χ1) is 15.5. The maximum atomic E-state index is 12.9. The number of nitrogens with one attached hydrogen (secondary N) is 3. The number of aliphatic hydroxyl groups is 1. The van der Waals surface area contributed by atoms with Crippen LogP contribution in [0.4, 0.5) is 4.79 Å². The molecule has 1 rings (SSSR count). The zero-order chi connectivity index (χ0) is 25.1. The molecule has 5 amide bonds. The van der Waals surface area contributed by atoms with Gasteiger partial charge in [-0.1, -0.05) is 13.8 Å². The molecule has 33 heavy (non-hydrogen) atoms. The van der Waals surface area contributed by atoms with Gasteiger partial charge in [-0.25, -0.2) is 9.59 Å². The molecule has 1 fully saturated rings. The lowest BCUT2D eigenvalue weighted by atomic mass is 10.0. The topological polar surface area (TPSA) is 217 Å². The molecule has 1 aliphatic heterocycles. The molecule has 1 aliphatic rings. The molecule has 0 spiro atoms. The summed E-state index contributed by atoms with van der Waals surface area (Å²) in [5, 5.41) is 26.0. The number of rotatable bonds is 13. The Morgan fingerprint density at radius 3 is 2.33 bits per heavy atom. The molecule has 0 bridgehead atoms. The summed E-state index contributed by atoms with van der Waals surface area (Å²) >= 11 is 0. The Bertz CT molecular complexity index is 717. The molecule has 4 atom stereocenters. The number of aliphatic hydroxyl groups excluding tert-OH is 1. The highest BCUT2D eigenvalue weighted by atomic mass is 16.4. The molecule has 0 saturated carbocycles. The Morgan fingerprint density at radius 2 is 1.79 bits per heavy atom. The number of nitrogens with zero attached hydrogens (tertiary/aromatic N) is 1. The van der Waals surface area contributed by atoms with Crippen molar-refractivity contribution in [3.63, 3.8) is 0 Å². The highest BCUT2D eigenvalue weighted by Gasteiger charge is 2.37.